The van der Waals surface area contributed by atoms with Crippen LogP contribution >= 0.6 is 11.6 Å². The van der Waals surface area contributed by atoms with Gasteiger partial charge in [-0.3, -0.25) is 4.79 Å². The monoisotopic (exact) mass is 291 g/mol. The predicted octanol–water partition coefficient (Wildman–Crippen LogP) is 2.75. The average molecular weight is 292 g/mol. The Kier molecular flexibility index (Phi) is 5.60. The van der Waals surface area contributed by atoms with Crippen molar-refractivity contribution in [3.05, 3.63) is 46.6 Å². The van der Waals surface area contributed by atoms with Crippen LogP contribution < -0.4 is 10.6 Å². The molecule has 1 rings (SSSR count). The minimum Gasteiger partial charge on any atom is -0.386 e. The first-order valence-corrected chi connectivity index (χ1v) is 6.60. The molecular weight excluding hydrogens is 274 g/mol. The van der Waals surface area contributed by atoms with Gasteiger partial charge in [0.05, 0.1) is 0 Å². The Morgan fingerprint density at radius 2 is 1.95 bits per heavy atom. The fourth-order valence-corrected chi connectivity index (χ4v) is 1.56. The Balaban J connectivity index is 2.60. The summed E-state index contributed by atoms with van der Waals surface area (Å²) < 4.78 is 0. The lowest BCUT2D eigenvalue weighted by Crippen LogP contribution is -2.41. The van der Waals surface area contributed by atoms with Gasteiger partial charge < -0.3 is 10.6 Å². The number of rotatable bonds is 4. The molecule has 0 bridgehead atoms. The van der Waals surface area contributed by atoms with Gasteiger partial charge in [0.15, 0.2) is 0 Å². The molecule has 0 aliphatic carbocycles. The quantitative estimate of drug-likeness (QED) is 0.662. The number of amides is 1. The molecule has 0 radical (unpaired) electrons. The van der Waals surface area contributed by atoms with E-state index in [2.05, 4.69) is 10.6 Å². The summed E-state index contributed by atoms with van der Waals surface area (Å²) in [6, 6.07) is 9.23. The normalized spacial score (nSPS) is 11.7. The Bertz CT molecular complexity index is 536. The zero-order chi connectivity index (χ0) is 15.2. The minimum absolute atomic E-state index is 0.0499. The van der Waals surface area contributed by atoms with Crippen LogP contribution in [0.2, 0.25) is 5.02 Å². The lowest BCUT2D eigenvalue weighted by molar-refractivity contribution is -0.118. The maximum absolute atomic E-state index is 11.8. The van der Waals surface area contributed by atoms with E-state index < -0.39 is 0 Å². The van der Waals surface area contributed by atoms with Crippen LogP contribution in [0, 0.1) is 11.3 Å². The van der Waals surface area contributed by atoms with Crippen LogP contribution in [0.4, 0.5) is 0 Å². The van der Waals surface area contributed by atoms with E-state index in [-0.39, 0.29) is 17.0 Å². The van der Waals surface area contributed by atoms with E-state index in [4.69, 9.17) is 16.9 Å². The molecule has 1 aromatic rings. The second-order valence-corrected chi connectivity index (χ2v) is 5.82. The van der Waals surface area contributed by atoms with E-state index in [0.29, 0.717) is 11.6 Å². The third kappa shape index (κ3) is 5.77. The highest BCUT2D eigenvalue weighted by atomic mass is 35.5. The molecule has 0 aromatic heterocycles. The van der Waals surface area contributed by atoms with Gasteiger partial charge in [0, 0.05) is 23.3 Å². The zero-order valence-electron chi connectivity index (χ0n) is 11.8. The van der Waals surface area contributed by atoms with Gasteiger partial charge in [-0.05, 0) is 38.5 Å². The van der Waals surface area contributed by atoms with E-state index in [9.17, 15) is 4.79 Å². The second kappa shape index (κ2) is 6.97. The van der Waals surface area contributed by atoms with Gasteiger partial charge in [-0.25, -0.2) is 0 Å². The highest BCUT2D eigenvalue weighted by Crippen LogP contribution is 2.09. The molecule has 1 amide bonds. The van der Waals surface area contributed by atoms with Crippen molar-refractivity contribution in [1.82, 2.24) is 10.6 Å². The number of benzene rings is 1. The number of hydrogen-bond acceptors (Lipinski definition) is 3. The van der Waals surface area contributed by atoms with Crippen LogP contribution in [-0.2, 0) is 11.3 Å². The minimum atomic E-state index is -0.386. The number of nitrogens with zero attached hydrogens (tertiary/aromatic N) is 1. The lowest BCUT2D eigenvalue weighted by Gasteiger charge is -2.20. The average Bonchev–Trinajstić information content (AvgIpc) is 2.34. The van der Waals surface area contributed by atoms with Crippen molar-refractivity contribution in [2.24, 2.45) is 0 Å². The van der Waals surface area contributed by atoms with Crippen LogP contribution in [-0.4, -0.2) is 11.4 Å². The third-order valence-corrected chi connectivity index (χ3v) is 2.57. The highest BCUT2D eigenvalue weighted by molar-refractivity contribution is 6.30. The molecule has 0 fully saturated rings. The first-order valence-electron chi connectivity index (χ1n) is 6.22. The summed E-state index contributed by atoms with van der Waals surface area (Å²) in [5.74, 6) is -0.386. The standard InChI is InChI=1S/C15H18ClN3O/c1-15(2,3)19-14(20)12(8-17)10-18-9-11-4-6-13(16)7-5-11/h4-7,10,18H,9H2,1-3H3,(H,19,20)/b12-10-. The molecule has 0 unspecified atom stereocenters. The topological polar surface area (TPSA) is 64.9 Å². The molecule has 1 aromatic carbocycles. The van der Waals surface area contributed by atoms with Crippen LogP contribution in [0.15, 0.2) is 36.0 Å². The summed E-state index contributed by atoms with van der Waals surface area (Å²) in [7, 11) is 0. The fourth-order valence-electron chi connectivity index (χ4n) is 1.43. The zero-order valence-corrected chi connectivity index (χ0v) is 12.6. The Morgan fingerprint density at radius 1 is 1.35 bits per heavy atom. The van der Waals surface area contributed by atoms with Gasteiger partial charge in [0.1, 0.15) is 11.6 Å². The maximum atomic E-state index is 11.8. The molecular formula is C15H18ClN3O. The van der Waals surface area contributed by atoms with Crippen LogP contribution in [0.3, 0.4) is 0 Å². The summed E-state index contributed by atoms with van der Waals surface area (Å²) in [5.41, 5.74) is 0.691. The molecule has 4 nitrogen and oxygen atoms in total. The van der Waals surface area contributed by atoms with E-state index in [0.717, 1.165) is 5.56 Å². The Morgan fingerprint density at radius 3 is 2.45 bits per heavy atom. The van der Waals surface area contributed by atoms with E-state index in [1.165, 1.54) is 6.20 Å². The molecule has 0 saturated carbocycles. The third-order valence-electron chi connectivity index (χ3n) is 2.32. The molecule has 0 saturated heterocycles. The van der Waals surface area contributed by atoms with Crippen molar-refractivity contribution in [2.75, 3.05) is 0 Å². The smallest absolute Gasteiger partial charge is 0.263 e. The van der Waals surface area contributed by atoms with Gasteiger partial charge in [0.25, 0.3) is 5.91 Å². The first kappa shape index (κ1) is 16.1. The molecule has 20 heavy (non-hydrogen) atoms. The van der Waals surface area contributed by atoms with E-state index in [1.54, 1.807) is 12.1 Å². The number of nitriles is 1. The van der Waals surface area contributed by atoms with Gasteiger partial charge in [-0.1, -0.05) is 23.7 Å². The molecule has 0 spiro atoms. The summed E-state index contributed by atoms with van der Waals surface area (Å²) in [4.78, 5) is 11.8. The van der Waals surface area contributed by atoms with Crippen molar-refractivity contribution in [2.45, 2.75) is 32.9 Å². The van der Waals surface area contributed by atoms with E-state index in [1.807, 2.05) is 39.0 Å². The molecule has 0 heterocycles. The van der Waals surface area contributed by atoms with Crippen molar-refractivity contribution in [3.63, 3.8) is 0 Å². The molecule has 0 atom stereocenters. The Hall–Kier alpha value is -1.99. The highest BCUT2D eigenvalue weighted by Gasteiger charge is 2.16. The lowest BCUT2D eigenvalue weighted by atomic mass is 10.1. The van der Waals surface area contributed by atoms with Crippen molar-refractivity contribution >= 4 is 17.5 Å². The van der Waals surface area contributed by atoms with Crippen LogP contribution in [0.25, 0.3) is 0 Å². The molecule has 0 aliphatic rings. The summed E-state index contributed by atoms with van der Waals surface area (Å²) in [5, 5.41) is 15.4. The maximum Gasteiger partial charge on any atom is 0.263 e. The largest absolute Gasteiger partial charge is 0.386 e. The summed E-state index contributed by atoms with van der Waals surface area (Å²) >= 11 is 5.79. The molecule has 0 aliphatic heterocycles. The van der Waals surface area contributed by atoms with Crippen LogP contribution in [0.1, 0.15) is 26.3 Å². The van der Waals surface area contributed by atoms with Gasteiger partial charge in [-0.15, -0.1) is 0 Å². The Labute approximate surface area is 124 Å². The van der Waals surface area contributed by atoms with E-state index >= 15 is 0 Å². The molecule has 2 N–H and O–H groups in total. The van der Waals surface area contributed by atoms with Gasteiger partial charge in [-0.2, -0.15) is 5.26 Å². The SMILES string of the molecule is CC(C)(C)NC(=O)/C(C#N)=C\NCc1ccc(Cl)cc1. The first-order chi connectivity index (χ1) is 9.31. The van der Waals surface area contributed by atoms with Crippen molar-refractivity contribution in [3.8, 4) is 6.07 Å². The van der Waals surface area contributed by atoms with Crippen molar-refractivity contribution in [1.29, 1.82) is 5.26 Å². The number of nitrogens with one attached hydrogen (secondary N) is 2. The number of halogens is 1. The van der Waals surface area contributed by atoms with Crippen LogP contribution in [0.5, 0.6) is 0 Å². The summed E-state index contributed by atoms with van der Waals surface area (Å²) in [6.07, 6.45) is 1.43. The van der Waals surface area contributed by atoms with Gasteiger partial charge >= 0.3 is 0 Å². The number of carbonyl (C=O) groups excluding carboxylic acids is 1. The fraction of sp³-hybridized carbons (Fsp3) is 0.333. The van der Waals surface area contributed by atoms with Gasteiger partial charge in [0.2, 0.25) is 0 Å². The van der Waals surface area contributed by atoms with Crippen molar-refractivity contribution < 1.29 is 4.79 Å². The summed E-state index contributed by atoms with van der Waals surface area (Å²) in [6.45, 7) is 6.11. The molecule has 5 heteroatoms. The molecule has 106 valence electrons. The predicted molar refractivity (Wildman–Crippen MR) is 79.9 cm³/mol. The number of hydrogen-bond donors (Lipinski definition) is 2. The second-order valence-electron chi connectivity index (χ2n) is 5.38. The number of carbonyl (C=O) groups is 1.